The smallest absolute Gasteiger partial charge is 0.128 e. The van der Waals surface area contributed by atoms with Crippen molar-refractivity contribution in [3.63, 3.8) is 0 Å². The predicted octanol–water partition coefficient (Wildman–Crippen LogP) is 2.91. The molecule has 0 saturated carbocycles. The van der Waals surface area contributed by atoms with Gasteiger partial charge in [0.1, 0.15) is 11.6 Å². The molecule has 2 rings (SSSR count). The molecule has 2 atom stereocenters. The van der Waals surface area contributed by atoms with E-state index in [4.69, 9.17) is 5.73 Å². The number of hydrogen-bond acceptors (Lipinski definition) is 2. The summed E-state index contributed by atoms with van der Waals surface area (Å²) >= 11 is 0. The van der Waals surface area contributed by atoms with E-state index in [1.54, 1.807) is 18.3 Å². The Morgan fingerprint density at radius 3 is 2.74 bits per heavy atom. The Morgan fingerprint density at radius 1 is 1.37 bits per heavy atom. The lowest BCUT2D eigenvalue weighted by atomic mass is 10.00. The second kappa shape index (κ2) is 5.97. The molecule has 0 aliphatic heterocycles. The average molecular weight is 261 g/mol. The zero-order valence-electron chi connectivity index (χ0n) is 11.4. The van der Waals surface area contributed by atoms with Crippen molar-refractivity contribution in [1.82, 2.24) is 9.55 Å². The van der Waals surface area contributed by atoms with E-state index in [1.807, 2.05) is 23.8 Å². The van der Waals surface area contributed by atoms with Crippen LogP contribution in [0, 0.1) is 5.82 Å². The molecule has 0 fully saturated rings. The van der Waals surface area contributed by atoms with E-state index in [2.05, 4.69) is 11.9 Å². The summed E-state index contributed by atoms with van der Waals surface area (Å²) in [5, 5.41) is 0. The van der Waals surface area contributed by atoms with Gasteiger partial charge in [-0.05, 0) is 19.4 Å². The minimum atomic E-state index is -0.221. The van der Waals surface area contributed by atoms with Gasteiger partial charge >= 0.3 is 0 Å². The average Bonchev–Trinajstić information content (AvgIpc) is 2.80. The molecule has 1 aromatic carbocycles. The molecule has 0 radical (unpaired) electrons. The van der Waals surface area contributed by atoms with Gasteiger partial charge in [0.05, 0.1) is 6.04 Å². The Labute approximate surface area is 113 Å². The summed E-state index contributed by atoms with van der Waals surface area (Å²) in [6.07, 6.45) is 5.50. The summed E-state index contributed by atoms with van der Waals surface area (Å²) in [5.41, 5.74) is 6.70. The van der Waals surface area contributed by atoms with E-state index in [0.29, 0.717) is 5.56 Å². The van der Waals surface area contributed by atoms with Crippen molar-refractivity contribution in [3.8, 4) is 0 Å². The molecule has 4 heteroatoms. The summed E-state index contributed by atoms with van der Waals surface area (Å²) in [5.74, 6) is 0.731. The highest BCUT2D eigenvalue weighted by Gasteiger charge is 2.23. The van der Waals surface area contributed by atoms with Gasteiger partial charge in [-0.15, -0.1) is 0 Å². The fraction of sp³-hybridized carbons (Fsp3) is 0.400. The maximum Gasteiger partial charge on any atom is 0.128 e. The van der Waals surface area contributed by atoms with Gasteiger partial charge < -0.3 is 10.3 Å². The largest absolute Gasteiger partial charge is 0.326 e. The third-order valence-electron chi connectivity index (χ3n) is 3.24. The summed E-state index contributed by atoms with van der Waals surface area (Å²) in [4.78, 5) is 4.35. The van der Waals surface area contributed by atoms with Gasteiger partial charge in [0.2, 0.25) is 0 Å². The molecular weight excluding hydrogens is 241 g/mol. The van der Waals surface area contributed by atoms with Gasteiger partial charge in [0, 0.05) is 30.4 Å². The van der Waals surface area contributed by atoms with E-state index in [1.165, 1.54) is 6.07 Å². The Hall–Kier alpha value is -1.68. The van der Waals surface area contributed by atoms with E-state index in [0.717, 1.165) is 18.7 Å². The molecule has 2 N–H and O–H groups in total. The number of imidazole rings is 1. The molecule has 0 spiro atoms. The maximum atomic E-state index is 14.0. The van der Waals surface area contributed by atoms with Crippen LogP contribution in [0.1, 0.15) is 37.7 Å². The van der Waals surface area contributed by atoms with Crippen molar-refractivity contribution in [3.05, 3.63) is 53.9 Å². The van der Waals surface area contributed by atoms with E-state index < -0.39 is 0 Å². The fourth-order valence-electron chi connectivity index (χ4n) is 2.42. The number of nitrogens with zero attached hydrogens (tertiary/aromatic N) is 2. The van der Waals surface area contributed by atoms with Crippen molar-refractivity contribution in [2.24, 2.45) is 5.73 Å². The topological polar surface area (TPSA) is 43.8 Å². The number of halogens is 1. The second-order valence-electron chi connectivity index (χ2n) is 4.83. The predicted molar refractivity (Wildman–Crippen MR) is 74.4 cm³/mol. The lowest BCUT2D eigenvalue weighted by Crippen LogP contribution is -2.31. The van der Waals surface area contributed by atoms with Crippen LogP contribution in [-0.2, 0) is 6.42 Å². The van der Waals surface area contributed by atoms with Crippen LogP contribution in [0.4, 0.5) is 4.39 Å². The summed E-state index contributed by atoms with van der Waals surface area (Å²) in [6, 6.07) is 6.38. The van der Waals surface area contributed by atoms with Gasteiger partial charge in [-0.2, -0.15) is 0 Å². The van der Waals surface area contributed by atoms with Crippen molar-refractivity contribution in [2.75, 3.05) is 0 Å². The zero-order chi connectivity index (χ0) is 13.8. The molecule has 0 amide bonds. The summed E-state index contributed by atoms with van der Waals surface area (Å²) < 4.78 is 16.0. The number of benzene rings is 1. The standard InChI is InChI=1S/C15H20FN3/c1-3-6-14-18-9-10-19(14)15(11(2)17)12-7-4-5-8-13(12)16/h4-5,7-11,15H,3,6,17H2,1-2H3. The molecular formula is C15H20FN3. The first-order valence-corrected chi connectivity index (χ1v) is 6.66. The molecule has 0 aliphatic carbocycles. The maximum absolute atomic E-state index is 14.0. The van der Waals surface area contributed by atoms with E-state index >= 15 is 0 Å². The monoisotopic (exact) mass is 261 g/mol. The molecule has 2 unspecified atom stereocenters. The summed E-state index contributed by atoms with van der Waals surface area (Å²) in [7, 11) is 0. The van der Waals surface area contributed by atoms with Gasteiger partial charge in [0.25, 0.3) is 0 Å². The van der Waals surface area contributed by atoms with Crippen molar-refractivity contribution >= 4 is 0 Å². The normalized spacial score (nSPS) is 14.3. The molecule has 19 heavy (non-hydrogen) atoms. The van der Waals surface area contributed by atoms with Crippen LogP contribution < -0.4 is 5.73 Å². The first-order chi connectivity index (χ1) is 9.15. The first-order valence-electron chi connectivity index (χ1n) is 6.66. The van der Waals surface area contributed by atoms with Crippen LogP contribution in [0.25, 0.3) is 0 Å². The SMILES string of the molecule is CCCc1nccn1C(c1ccccc1F)C(C)N. The van der Waals surface area contributed by atoms with Crippen LogP contribution in [0.2, 0.25) is 0 Å². The number of aryl methyl sites for hydroxylation is 1. The minimum Gasteiger partial charge on any atom is -0.326 e. The summed E-state index contributed by atoms with van der Waals surface area (Å²) in [6.45, 7) is 4.00. The van der Waals surface area contributed by atoms with Crippen LogP contribution in [0.15, 0.2) is 36.7 Å². The van der Waals surface area contributed by atoms with Crippen molar-refractivity contribution in [1.29, 1.82) is 0 Å². The van der Waals surface area contributed by atoms with Crippen LogP contribution in [0.5, 0.6) is 0 Å². The zero-order valence-corrected chi connectivity index (χ0v) is 11.4. The first kappa shape index (κ1) is 13.7. The van der Waals surface area contributed by atoms with E-state index in [-0.39, 0.29) is 17.9 Å². The van der Waals surface area contributed by atoms with Gasteiger partial charge in [-0.3, -0.25) is 0 Å². The molecule has 102 valence electrons. The van der Waals surface area contributed by atoms with Crippen LogP contribution >= 0.6 is 0 Å². The van der Waals surface area contributed by atoms with Crippen LogP contribution in [0.3, 0.4) is 0 Å². The molecule has 0 bridgehead atoms. The number of hydrogen-bond donors (Lipinski definition) is 1. The van der Waals surface area contributed by atoms with Gasteiger partial charge in [0.15, 0.2) is 0 Å². The number of nitrogens with two attached hydrogens (primary N) is 1. The van der Waals surface area contributed by atoms with Crippen molar-refractivity contribution < 1.29 is 4.39 Å². The Bertz CT molecular complexity index is 534. The van der Waals surface area contributed by atoms with E-state index in [9.17, 15) is 4.39 Å². The Morgan fingerprint density at radius 2 is 2.11 bits per heavy atom. The van der Waals surface area contributed by atoms with Crippen LogP contribution in [-0.4, -0.2) is 15.6 Å². The molecule has 0 aliphatic rings. The highest BCUT2D eigenvalue weighted by atomic mass is 19.1. The Kier molecular flexibility index (Phi) is 4.32. The highest BCUT2D eigenvalue weighted by Crippen LogP contribution is 2.25. The lowest BCUT2D eigenvalue weighted by molar-refractivity contribution is 0.455. The van der Waals surface area contributed by atoms with Crippen molar-refractivity contribution in [2.45, 2.75) is 38.8 Å². The van der Waals surface area contributed by atoms with Gasteiger partial charge in [-0.1, -0.05) is 25.1 Å². The van der Waals surface area contributed by atoms with Gasteiger partial charge in [-0.25, -0.2) is 9.37 Å². The third-order valence-corrected chi connectivity index (χ3v) is 3.24. The molecule has 3 nitrogen and oxygen atoms in total. The highest BCUT2D eigenvalue weighted by molar-refractivity contribution is 5.24. The molecule has 1 heterocycles. The second-order valence-corrected chi connectivity index (χ2v) is 4.83. The third kappa shape index (κ3) is 2.84. The quantitative estimate of drug-likeness (QED) is 0.899. The lowest BCUT2D eigenvalue weighted by Gasteiger charge is -2.25. The number of rotatable bonds is 5. The molecule has 2 aromatic rings. The molecule has 0 saturated heterocycles. The minimum absolute atomic E-state index is 0.193. The number of aromatic nitrogens is 2. The Balaban J connectivity index is 2.46. The fourth-order valence-corrected chi connectivity index (χ4v) is 2.42. The molecule has 1 aromatic heterocycles.